The minimum Gasteiger partial charge on any atom is -0.444 e. The summed E-state index contributed by atoms with van der Waals surface area (Å²) >= 11 is 0. The Kier molecular flexibility index (Phi) is 5.34. The molecule has 3 rings (SSSR count). The van der Waals surface area contributed by atoms with Crippen LogP contribution in [0.5, 0.6) is 0 Å². The zero-order valence-electron chi connectivity index (χ0n) is 16.0. The van der Waals surface area contributed by atoms with Crippen molar-refractivity contribution in [2.24, 2.45) is 0 Å². The van der Waals surface area contributed by atoms with Crippen molar-refractivity contribution in [3.8, 4) is 0 Å². The Labute approximate surface area is 158 Å². The van der Waals surface area contributed by atoms with E-state index in [0.717, 1.165) is 5.69 Å². The molecule has 1 aromatic rings. The number of nitrogens with one attached hydrogen (secondary N) is 1. The van der Waals surface area contributed by atoms with E-state index < -0.39 is 11.5 Å². The Bertz CT molecular complexity index is 735. The lowest BCUT2D eigenvalue weighted by molar-refractivity contribution is -0.134. The topological polar surface area (TPSA) is 91.8 Å². The van der Waals surface area contributed by atoms with Crippen molar-refractivity contribution < 1.29 is 19.1 Å². The molecule has 0 aromatic carbocycles. The summed E-state index contributed by atoms with van der Waals surface area (Å²) in [4.78, 5) is 43.8. The number of ether oxygens (including phenoxy) is 1. The molecule has 1 unspecified atom stereocenters. The van der Waals surface area contributed by atoms with Crippen LogP contribution in [0.4, 0.5) is 10.5 Å². The summed E-state index contributed by atoms with van der Waals surface area (Å²) in [6.45, 7) is 8.07. The second-order valence-electron chi connectivity index (χ2n) is 7.90. The van der Waals surface area contributed by atoms with Gasteiger partial charge >= 0.3 is 6.09 Å². The number of piperidine rings is 1. The summed E-state index contributed by atoms with van der Waals surface area (Å²) in [5.41, 5.74) is 1.14. The van der Waals surface area contributed by atoms with Gasteiger partial charge in [-0.1, -0.05) is 0 Å². The molecule has 1 atom stereocenters. The third kappa shape index (κ3) is 4.75. The third-order valence-electron chi connectivity index (χ3n) is 4.66. The summed E-state index contributed by atoms with van der Waals surface area (Å²) in [5, 5.41) is 2.37. The van der Waals surface area contributed by atoms with E-state index in [1.807, 2.05) is 32.9 Å². The first kappa shape index (κ1) is 19.1. The summed E-state index contributed by atoms with van der Waals surface area (Å²) in [6, 6.07) is 3.81. The Balaban J connectivity index is 1.63. The molecule has 0 spiro atoms. The monoisotopic (exact) mass is 374 g/mol. The molecule has 8 nitrogen and oxygen atoms in total. The second-order valence-corrected chi connectivity index (χ2v) is 7.90. The molecule has 3 heterocycles. The predicted octanol–water partition coefficient (Wildman–Crippen LogP) is 1.66. The highest BCUT2D eigenvalue weighted by Gasteiger charge is 2.30. The van der Waals surface area contributed by atoms with Gasteiger partial charge in [-0.05, 0) is 39.3 Å². The van der Waals surface area contributed by atoms with Crippen LogP contribution in [0, 0.1) is 0 Å². The molecule has 1 aromatic heterocycles. The number of carbonyl (C=O) groups excluding carboxylic acids is 3. The van der Waals surface area contributed by atoms with Crippen molar-refractivity contribution in [2.75, 3.05) is 31.1 Å². The molecule has 27 heavy (non-hydrogen) atoms. The average Bonchev–Trinajstić information content (AvgIpc) is 2.60. The Morgan fingerprint density at radius 2 is 1.93 bits per heavy atom. The standard InChI is InChI=1S/C19H26N4O4/c1-19(2,3)27-18(26)23-10-8-22(9-11-23)13-6-7-20-15(12-13)14-4-5-16(24)21-17(14)25/h6-7,12,14H,4-5,8-11H2,1-3H3,(H,21,24,25). The number of anilines is 1. The Morgan fingerprint density at radius 1 is 1.22 bits per heavy atom. The largest absolute Gasteiger partial charge is 0.444 e. The smallest absolute Gasteiger partial charge is 0.410 e. The lowest BCUT2D eigenvalue weighted by Crippen LogP contribution is -2.50. The van der Waals surface area contributed by atoms with Crippen LogP contribution in [0.3, 0.4) is 0 Å². The maximum absolute atomic E-state index is 12.2. The fourth-order valence-electron chi connectivity index (χ4n) is 3.27. The molecule has 2 aliphatic rings. The van der Waals surface area contributed by atoms with Gasteiger partial charge in [-0.2, -0.15) is 0 Å². The van der Waals surface area contributed by atoms with Crippen molar-refractivity contribution in [1.82, 2.24) is 15.2 Å². The minimum atomic E-state index is -0.504. The lowest BCUT2D eigenvalue weighted by Gasteiger charge is -2.37. The highest BCUT2D eigenvalue weighted by atomic mass is 16.6. The first-order valence-corrected chi connectivity index (χ1v) is 9.25. The van der Waals surface area contributed by atoms with Crippen molar-refractivity contribution >= 4 is 23.6 Å². The van der Waals surface area contributed by atoms with E-state index in [9.17, 15) is 14.4 Å². The van der Waals surface area contributed by atoms with Crippen LogP contribution in [0.25, 0.3) is 0 Å². The van der Waals surface area contributed by atoms with Crippen molar-refractivity contribution in [2.45, 2.75) is 45.1 Å². The molecule has 2 aliphatic heterocycles. The number of imide groups is 1. The number of hydrogen-bond acceptors (Lipinski definition) is 6. The number of piperazine rings is 1. The molecule has 2 fully saturated rings. The summed E-state index contributed by atoms with van der Waals surface area (Å²) in [7, 11) is 0. The number of aromatic nitrogens is 1. The molecule has 1 N–H and O–H groups in total. The summed E-state index contributed by atoms with van der Waals surface area (Å²) < 4.78 is 5.42. The maximum Gasteiger partial charge on any atom is 0.410 e. The SMILES string of the molecule is CC(C)(C)OC(=O)N1CCN(c2ccnc(C3CCC(=O)NC3=O)c2)CC1. The van der Waals surface area contributed by atoms with Gasteiger partial charge in [0.2, 0.25) is 11.8 Å². The van der Waals surface area contributed by atoms with Crippen molar-refractivity contribution in [3.05, 3.63) is 24.0 Å². The quantitative estimate of drug-likeness (QED) is 0.792. The summed E-state index contributed by atoms with van der Waals surface area (Å²) in [5.74, 6) is -0.915. The Hall–Kier alpha value is -2.64. The molecular formula is C19H26N4O4. The van der Waals surface area contributed by atoms with Crippen molar-refractivity contribution in [3.63, 3.8) is 0 Å². The van der Waals surface area contributed by atoms with E-state index in [0.29, 0.717) is 44.7 Å². The highest BCUT2D eigenvalue weighted by molar-refractivity contribution is 6.00. The van der Waals surface area contributed by atoms with E-state index in [4.69, 9.17) is 4.74 Å². The summed E-state index contributed by atoms with van der Waals surface area (Å²) in [6.07, 6.45) is 2.21. The average molecular weight is 374 g/mol. The molecule has 0 radical (unpaired) electrons. The van der Waals surface area contributed by atoms with E-state index in [2.05, 4.69) is 15.2 Å². The van der Waals surface area contributed by atoms with Crippen LogP contribution in [-0.2, 0) is 14.3 Å². The molecule has 3 amide bonds. The van der Waals surface area contributed by atoms with Gasteiger partial charge < -0.3 is 14.5 Å². The normalized spacial score (nSPS) is 21.1. The van der Waals surface area contributed by atoms with Crippen molar-refractivity contribution in [1.29, 1.82) is 0 Å². The van der Waals surface area contributed by atoms with E-state index >= 15 is 0 Å². The van der Waals surface area contributed by atoms with E-state index in [1.54, 1.807) is 11.1 Å². The first-order valence-electron chi connectivity index (χ1n) is 9.25. The van der Waals surface area contributed by atoms with Gasteiger partial charge in [0.15, 0.2) is 0 Å². The van der Waals surface area contributed by atoms with Gasteiger partial charge in [-0.3, -0.25) is 19.9 Å². The van der Waals surface area contributed by atoms with Crippen LogP contribution in [0.2, 0.25) is 0 Å². The zero-order valence-corrected chi connectivity index (χ0v) is 16.0. The molecule has 146 valence electrons. The van der Waals surface area contributed by atoms with Gasteiger partial charge in [0.1, 0.15) is 5.60 Å². The molecular weight excluding hydrogens is 348 g/mol. The molecule has 2 saturated heterocycles. The van der Waals surface area contributed by atoms with Crippen LogP contribution in [0.15, 0.2) is 18.3 Å². The molecule has 0 saturated carbocycles. The molecule has 0 aliphatic carbocycles. The van der Waals surface area contributed by atoms with Crippen LogP contribution in [-0.4, -0.2) is 59.6 Å². The minimum absolute atomic E-state index is 0.231. The Morgan fingerprint density at radius 3 is 2.56 bits per heavy atom. The fourth-order valence-corrected chi connectivity index (χ4v) is 3.27. The molecule has 0 bridgehead atoms. The van der Waals surface area contributed by atoms with E-state index in [-0.39, 0.29) is 17.9 Å². The van der Waals surface area contributed by atoms with Gasteiger partial charge in [-0.15, -0.1) is 0 Å². The van der Waals surface area contributed by atoms with Gasteiger partial charge in [0.25, 0.3) is 0 Å². The maximum atomic E-state index is 12.2. The number of pyridine rings is 1. The number of nitrogens with zero attached hydrogens (tertiary/aromatic N) is 3. The van der Waals surface area contributed by atoms with Gasteiger partial charge in [-0.25, -0.2) is 4.79 Å². The third-order valence-corrected chi connectivity index (χ3v) is 4.66. The van der Waals surface area contributed by atoms with Gasteiger partial charge in [0.05, 0.1) is 11.6 Å². The van der Waals surface area contributed by atoms with E-state index in [1.165, 1.54) is 0 Å². The lowest BCUT2D eigenvalue weighted by atomic mass is 9.94. The predicted molar refractivity (Wildman–Crippen MR) is 99.4 cm³/mol. The number of carbonyl (C=O) groups is 3. The fraction of sp³-hybridized carbons (Fsp3) is 0.579. The first-order chi connectivity index (χ1) is 12.7. The number of hydrogen-bond donors (Lipinski definition) is 1. The molecule has 8 heteroatoms. The van der Waals surface area contributed by atoms with Crippen LogP contribution in [0.1, 0.15) is 45.2 Å². The highest BCUT2D eigenvalue weighted by Crippen LogP contribution is 2.26. The van der Waals surface area contributed by atoms with Crippen LogP contribution < -0.4 is 10.2 Å². The van der Waals surface area contributed by atoms with Gasteiger partial charge in [0, 0.05) is 44.5 Å². The van der Waals surface area contributed by atoms with Crippen LogP contribution >= 0.6 is 0 Å². The second kappa shape index (κ2) is 7.54. The number of rotatable bonds is 2. The zero-order chi connectivity index (χ0) is 19.6. The number of amides is 3.